The SMILES string of the molecule is CCOP(=O)(CC(=O)Nc1ccc(S(=O)(=O)Nc2cc(C)on2)cc1)OCC. The lowest BCUT2D eigenvalue weighted by Gasteiger charge is -2.16. The fourth-order valence-corrected chi connectivity index (χ4v) is 4.69. The van der Waals surface area contributed by atoms with Gasteiger partial charge in [0, 0.05) is 11.8 Å². The predicted octanol–water partition coefficient (Wildman–Crippen LogP) is 2.99. The third-order valence-electron chi connectivity index (χ3n) is 3.30. The lowest BCUT2D eigenvalue weighted by atomic mass is 10.3. The molecule has 154 valence electrons. The number of carbonyl (C=O) groups excluding carboxylic acids is 1. The van der Waals surface area contributed by atoms with Crippen LogP contribution >= 0.6 is 7.60 Å². The molecule has 0 radical (unpaired) electrons. The molecule has 2 rings (SSSR count). The summed E-state index contributed by atoms with van der Waals surface area (Å²) in [5.74, 6) is -0.0401. The number of nitrogens with zero attached hydrogens (tertiary/aromatic N) is 1. The fraction of sp³-hybridized carbons (Fsp3) is 0.375. The van der Waals surface area contributed by atoms with Crippen molar-refractivity contribution in [1.82, 2.24) is 5.16 Å². The normalized spacial score (nSPS) is 12.0. The van der Waals surface area contributed by atoms with Crippen LogP contribution in [0.2, 0.25) is 0 Å². The number of amides is 1. The lowest BCUT2D eigenvalue weighted by Crippen LogP contribution is -2.18. The number of hydrogen-bond donors (Lipinski definition) is 2. The van der Waals surface area contributed by atoms with E-state index in [0.29, 0.717) is 11.4 Å². The van der Waals surface area contributed by atoms with Crippen molar-refractivity contribution in [2.24, 2.45) is 0 Å². The molecule has 0 aliphatic rings. The maximum absolute atomic E-state index is 12.4. The van der Waals surface area contributed by atoms with Gasteiger partial charge in [-0.25, -0.2) is 8.42 Å². The number of aromatic nitrogens is 1. The minimum atomic E-state index is -3.86. The second-order valence-corrected chi connectivity index (χ2v) is 9.34. The van der Waals surface area contributed by atoms with E-state index in [-0.39, 0.29) is 23.9 Å². The van der Waals surface area contributed by atoms with Gasteiger partial charge >= 0.3 is 7.60 Å². The Hall–Kier alpha value is -2.20. The van der Waals surface area contributed by atoms with Crippen molar-refractivity contribution in [2.75, 3.05) is 29.4 Å². The molecule has 0 saturated heterocycles. The highest BCUT2D eigenvalue weighted by Gasteiger charge is 2.27. The fourth-order valence-electron chi connectivity index (χ4n) is 2.23. The summed E-state index contributed by atoms with van der Waals surface area (Å²) in [6.07, 6.45) is -0.443. The Kier molecular flexibility index (Phi) is 7.36. The van der Waals surface area contributed by atoms with Crippen LogP contribution in [0.4, 0.5) is 11.5 Å². The maximum Gasteiger partial charge on any atom is 0.340 e. The third kappa shape index (κ3) is 6.16. The summed E-state index contributed by atoms with van der Waals surface area (Å²) >= 11 is 0. The van der Waals surface area contributed by atoms with Crippen molar-refractivity contribution in [3.05, 3.63) is 36.1 Å². The Bertz CT molecular complexity index is 947. The zero-order valence-corrected chi connectivity index (χ0v) is 17.4. The molecule has 1 aromatic carbocycles. The molecule has 2 N–H and O–H groups in total. The zero-order valence-electron chi connectivity index (χ0n) is 15.7. The second-order valence-electron chi connectivity index (χ2n) is 5.61. The van der Waals surface area contributed by atoms with Crippen molar-refractivity contribution in [3.8, 4) is 0 Å². The molecule has 0 fully saturated rings. The largest absolute Gasteiger partial charge is 0.360 e. The van der Waals surface area contributed by atoms with Gasteiger partial charge in [0.1, 0.15) is 11.9 Å². The quantitative estimate of drug-likeness (QED) is 0.548. The molecular weight excluding hydrogens is 409 g/mol. The number of carbonyl (C=O) groups is 1. The highest BCUT2D eigenvalue weighted by Crippen LogP contribution is 2.47. The van der Waals surface area contributed by atoms with Gasteiger partial charge in [-0.15, -0.1) is 0 Å². The van der Waals surface area contributed by atoms with Gasteiger partial charge in [0.2, 0.25) is 5.91 Å². The number of benzene rings is 1. The predicted molar refractivity (Wildman–Crippen MR) is 103 cm³/mol. The molecule has 0 saturated carbocycles. The van der Waals surface area contributed by atoms with E-state index in [4.69, 9.17) is 13.6 Å². The summed E-state index contributed by atoms with van der Waals surface area (Å²) in [4.78, 5) is 12.1. The van der Waals surface area contributed by atoms with Gasteiger partial charge in [0.05, 0.1) is 18.1 Å². The molecule has 0 aliphatic heterocycles. The molecule has 1 heterocycles. The number of aryl methyl sites for hydroxylation is 1. The Morgan fingerprint density at radius 2 is 1.79 bits per heavy atom. The molecule has 0 aliphatic carbocycles. The van der Waals surface area contributed by atoms with E-state index in [2.05, 4.69) is 15.2 Å². The molecule has 2 aromatic rings. The summed E-state index contributed by atoms with van der Waals surface area (Å²) in [6.45, 7) is 5.23. The van der Waals surface area contributed by atoms with E-state index < -0.39 is 29.7 Å². The van der Waals surface area contributed by atoms with Crippen LogP contribution in [0.25, 0.3) is 0 Å². The Morgan fingerprint density at radius 3 is 2.29 bits per heavy atom. The Morgan fingerprint density at radius 1 is 1.18 bits per heavy atom. The van der Waals surface area contributed by atoms with Crippen molar-refractivity contribution in [3.63, 3.8) is 0 Å². The van der Waals surface area contributed by atoms with Crippen molar-refractivity contribution < 1.29 is 31.3 Å². The standard InChI is InChI=1S/C16H22N3O7PS/c1-4-24-27(21,25-5-2)11-16(20)17-13-6-8-14(9-7-13)28(22,23)19-15-10-12(3)26-18-15/h6-10H,4-5,11H2,1-3H3,(H,17,20)(H,18,19). The average Bonchev–Trinajstić information content (AvgIpc) is 2.99. The van der Waals surface area contributed by atoms with Crippen LogP contribution in [0.3, 0.4) is 0 Å². The summed E-state index contributed by atoms with van der Waals surface area (Å²) in [5.41, 5.74) is 0.334. The van der Waals surface area contributed by atoms with Gasteiger partial charge in [-0.05, 0) is 45.0 Å². The lowest BCUT2D eigenvalue weighted by molar-refractivity contribution is -0.114. The highest BCUT2D eigenvalue weighted by atomic mass is 32.2. The van der Waals surface area contributed by atoms with E-state index in [1.54, 1.807) is 20.8 Å². The Balaban J connectivity index is 2.03. The Labute approximate surface area is 163 Å². The van der Waals surface area contributed by atoms with Crippen LogP contribution in [0.15, 0.2) is 39.8 Å². The number of anilines is 2. The zero-order chi connectivity index (χ0) is 20.8. The van der Waals surface area contributed by atoms with Crippen LogP contribution in [0.1, 0.15) is 19.6 Å². The van der Waals surface area contributed by atoms with E-state index in [9.17, 15) is 17.8 Å². The average molecular weight is 431 g/mol. The third-order valence-corrected chi connectivity index (χ3v) is 6.65. The minimum absolute atomic E-state index is 0.0274. The van der Waals surface area contributed by atoms with Crippen LogP contribution in [0, 0.1) is 6.92 Å². The molecule has 0 atom stereocenters. The first-order chi connectivity index (χ1) is 13.2. The van der Waals surface area contributed by atoms with Crippen LogP contribution < -0.4 is 10.0 Å². The summed E-state index contributed by atoms with van der Waals surface area (Å²) in [7, 11) is -7.38. The molecule has 0 unspecified atom stereocenters. The topological polar surface area (TPSA) is 137 Å². The van der Waals surface area contributed by atoms with Gasteiger partial charge in [-0.1, -0.05) is 5.16 Å². The molecule has 1 aromatic heterocycles. The molecule has 10 nitrogen and oxygen atoms in total. The van der Waals surface area contributed by atoms with Gasteiger partial charge in [0.15, 0.2) is 5.82 Å². The molecule has 28 heavy (non-hydrogen) atoms. The van der Waals surface area contributed by atoms with Gasteiger partial charge in [-0.3, -0.25) is 14.1 Å². The monoisotopic (exact) mass is 431 g/mol. The van der Waals surface area contributed by atoms with Crippen LogP contribution in [-0.4, -0.2) is 38.9 Å². The van der Waals surface area contributed by atoms with Gasteiger partial charge in [0.25, 0.3) is 10.0 Å². The summed E-state index contributed by atoms with van der Waals surface area (Å²) in [5, 5.41) is 6.11. The van der Waals surface area contributed by atoms with Crippen LogP contribution in [-0.2, 0) is 28.4 Å². The van der Waals surface area contributed by atoms with Crippen molar-refractivity contribution in [2.45, 2.75) is 25.7 Å². The first-order valence-corrected chi connectivity index (χ1v) is 11.6. The first kappa shape index (κ1) is 22.1. The van der Waals surface area contributed by atoms with Gasteiger partial charge in [-0.2, -0.15) is 0 Å². The minimum Gasteiger partial charge on any atom is -0.360 e. The molecule has 12 heteroatoms. The smallest absolute Gasteiger partial charge is 0.340 e. The number of nitrogens with one attached hydrogen (secondary N) is 2. The number of sulfonamides is 1. The molecule has 0 spiro atoms. The first-order valence-electron chi connectivity index (χ1n) is 8.41. The van der Waals surface area contributed by atoms with Crippen LogP contribution in [0.5, 0.6) is 0 Å². The maximum atomic E-state index is 12.4. The molecule has 1 amide bonds. The number of hydrogen-bond acceptors (Lipinski definition) is 8. The van der Waals surface area contributed by atoms with Crippen molar-refractivity contribution in [1.29, 1.82) is 0 Å². The van der Waals surface area contributed by atoms with E-state index in [1.165, 1.54) is 30.3 Å². The highest BCUT2D eigenvalue weighted by molar-refractivity contribution is 7.92. The second kappa shape index (κ2) is 9.33. The van der Waals surface area contributed by atoms with E-state index >= 15 is 0 Å². The molecule has 0 bridgehead atoms. The van der Waals surface area contributed by atoms with E-state index in [1.807, 2.05) is 0 Å². The van der Waals surface area contributed by atoms with Crippen molar-refractivity contribution >= 4 is 35.0 Å². The van der Waals surface area contributed by atoms with E-state index in [0.717, 1.165) is 0 Å². The number of rotatable bonds is 10. The summed E-state index contributed by atoms with van der Waals surface area (Å²) in [6, 6.07) is 6.89. The molecular formula is C16H22N3O7PS. The summed E-state index contributed by atoms with van der Waals surface area (Å²) < 4.78 is 54.3. The van der Waals surface area contributed by atoms with Gasteiger partial charge < -0.3 is 18.9 Å².